The van der Waals surface area contributed by atoms with Crippen molar-refractivity contribution in [2.75, 3.05) is 20.1 Å². The molecule has 2 aliphatic rings. The van der Waals surface area contributed by atoms with Crippen molar-refractivity contribution >= 4 is 0 Å². The van der Waals surface area contributed by atoms with Crippen LogP contribution >= 0.6 is 0 Å². The highest BCUT2D eigenvalue weighted by atomic mass is 15.1. The smallest absolute Gasteiger partial charge is 0.000673 e. The quantitative estimate of drug-likeness (QED) is 0.641. The van der Waals surface area contributed by atoms with Crippen LogP contribution in [0.15, 0.2) is 0 Å². The van der Waals surface area contributed by atoms with E-state index in [1.54, 1.807) is 0 Å². The lowest BCUT2D eigenvalue weighted by atomic mass is 9.52. The largest absolute Gasteiger partial charge is 0.306 e. The molecule has 0 spiro atoms. The minimum atomic E-state index is 0.908. The lowest BCUT2D eigenvalue weighted by molar-refractivity contribution is -0.0636. The van der Waals surface area contributed by atoms with E-state index in [9.17, 15) is 0 Å². The number of likely N-dealkylation sites (tertiary alicyclic amines) is 1. The first-order chi connectivity index (χ1) is 7.02. The molecule has 0 bridgehead atoms. The van der Waals surface area contributed by atoms with Crippen LogP contribution in [-0.4, -0.2) is 25.0 Å². The molecule has 2 rings (SSSR count). The van der Waals surface area contributed by atoms with Crippen LogP contribution in [0.5, 0.6) is 0 Å². The average molecular weight is 209 g/mol. The minimum Gasteiger partial charge on any atom is -0.306 e. The van der Waals surface area contributed by atoms with Gasteiger partial charge in [0, 0.05) is 6.54 Å². The topological polar surface area (TPSA) is 3.24 Å². The highest BCUT2D eigenvalue weighted by molar-refractivity contribution is 4.96. The summed E-state index contributed by atoms with van der Waals surface area (Å²) in [5.41, 5.74) is 0. The standard InChI is InChI=1S/C14H27N/c1-9-8-15(5)7-6-13(9)14-11(3)10(2)12(14)4/h9-14H,6-8H2,1-5H3. The Morgan fingerprint density at radius 2 is 1.53 bits per heavy atom. The van der Waals surface area contributed by atoms with Crippen molar-refractivity contribution in [2.24, 2.45) is 35.5 Å². The van der Waals surface area contributed by atoms with Gasteiger partial charge in [-0.2, -0.15) is 0 Å². The van der Waals surface area contributed by atoms with E-state index in [2.05, 4.69) is 39.6 Å². The van der Waals surface area contributed by atoms with Gasteiger partial charge in [-0.1, -0.05) is 27.7 Å². The molecule has 0 aromatic carbocycles. The van der Waals surface area contributed by atoms with Gasteiger partial charge in [0.25, 0.3) is 0 Å². The van der Waals surface area contributed by atoms with Crippen LogP contribution in [0.2, 0.25) is 0 Å². The third-order valence-corrected chi connectivity index (χ3v) is 5.54. The van der Waals surface area contributed by atoms with Crippen LogP contribution in [0, 0.1) is 35.5 Å². The van der Waals surface area contributed by atoms with Gasteiger partial charge in [-0.3, -0.25) is 0 Å². The van der Waals surface area contributed by atoms with Crippen molar-refractivity contribution in [1.29, 1.82) is 0 Å². The summed E-state index contributed by atoms with van der Waals surface area (Å²) in [7, 11) is 2.27. The van der Waals surface area contributed by atoms with Crippen molar-refractivity contribution in [3.8, 4) is 0 Å². The van der Waals surface area contributed by atoms with Gasteiger partial charge in [-0.05, 0) is 55.5 Å². The van der Waals surface area contributed by atoms with Crippen LogP contribution in [0.3, 0.4) is 0 Å². The zero-order valence-corrected chi connectivity index (χ0v) is 11.0. The molecule has 15 heavy (non-hydrogen) atoms. The van der Waals surface area contributed by atoms with Crippen molar-refractivity contribution in [3.63, 3.8) is 0 Å². The summed E-state index contributed by atoms with van der Waals surface area (Å²) in [6.45, 7) is 12.5. The predicted octanol–water partition coefficient (Wildman–Crippen LogP) is 3.11. The van der Waals surface area contributed by atoms with E-state index in [1.165, 1.54) is 19.5 Å². The summed E-state index contributed by atoms with van der Waals surface area (Å²) in [5, 5.41) is 0. The fourth-order valence-electron chi connectivity index (χ4n) is 4.24. The summed E-state index contributed by atoms with van der Waals surface area (Å²) in [5.74, 6) is 5.82. The molecule has 1 heterocycles. The zero-order chi connectivity index (χ0) is 11.2. The molecule has 0 aromatic rings. The molecule has 1 saturated carbocycles. The lowest BCUT2D eigenvalue weighted by Crippen LogP contribution is -2.51. The third kappa shape index (κ3) is 1.84. The number of hydrogen-bond acceptors (Lipinski definition) is 1. The summed E-state index contributed by atoms with van der Waals surface area (Å²) >= 11 is 0. The van der Waals surface area contributed by atoms with Gasteiger partial charge >= 0.3 is 0 Å². The van der Waals surface area contributed by atoms with Gasteiger partial charge < -0.3 is 4.90 Å². The van der Waals surface area contributed by atoms with E-state index in [4.69, 9.17) is 0 Å². The molecule has 1 aliphatic heterocycles. The highest BCUT2D eigenvalue weighted by Gasteiger charge is 2.47. The van der Waals surface area contributed by atoms with Crippen LogP contribution in [0.4, 0.5) is 0 Å². The molecule has 0 amide bonds. The second kappa shape index (κ2) is 4.08. The van der Waals surface area contributed by atoms with Crippen LogP contribution in [-0.2, 0) is 0 Å². The maximum Gasteiger partial charge on any atom is 0.000673 e. The zero-order valence-electron chi connectivity index (χ0n) is 11.0. The summed E-state index contributed by atoms with van der Waals surface area (Å²) < 4.78 is 0. The Hall–Kier alpha value is -0.0400. The molecule has 1 aliphatic carbocycles. The number of piperidine rings is 1. The molecule has 1 saturated heterocycles. The fraction of sp³-hybridized carbons (Fsp3) is 1.00. The molecule has 1 nitrogen and oxygen atoms in total. The maximum atomic E-state index is 2.50. The molecule has 4 unspecified atom stereocenters. The van der Waals surface area contributed by atoms with Crippen molar-refractivity contribution in [3.05, 3.63) is 0 Å². The first kappa shape index (κ1) is 11.4. The van der Waals surface area contributed by atoms with Gasteiger partial charge in [0.15, 0.2) is 0 Å². The number of rotatable bonds is 1. The molecule has 2 fully saturated rings. The lowest BCUT2D eigenvalue weighted by Gasteiger charge is -2.55. The SMILES string of the molecule is CC1CN(C)CCC1C1C(C)C(C)C1C. The molecule has 0 radical (unpaired) electrons. The summed E-state index contributed by atoms with van der Waals surface area (Å²) in [4.78, 5) is 2.50. The van der Waals surface area contributed by atoms with Gasteiger partial charge in [0.1, 0.15) is 0 Å². The molecule has 0 N–H and O–H groups in total. The Labute approximate surface area is 95.2 Å². The van der Waals surface area contributed by atoms with Crippen molar-refractivity contribution in [1.82, 2.24) is 4.90 Å². The second-order valence-corrected chi connectivity index (χ2v) is 6.35. The Bertz CT molecular complexity index is 215. The first-order valence-electron chi connectivity index (χ1n) is 6.71. The van der Waals surface area contributed by atoms with E-state index < -0.39 is 0 Å². The van der Waals surface area contributed by atoms with E-state index in [-0.39, 0.29) is 0 Å². The molecular weight excluding hydrogens is 182 g/mol. The van der Waals surface area contributed by atoms with Gasteiger partial charge in [0.2, 0.25) is 0 Å². The average Bonchev–Trinajstić information content (AvgIpc) is 2.21. The number of nitrogens with zero attached hydrogens (tertiary/aromatic N) is 1. The molecule has 4 atom stereocenters. The predicted molar refractivity (Wildman–Crippen MR) is 65.8 cm³/mol. The molecule has 1 heteroatoms. The Balaban J connectivity index is 1.99. The van der Waals surface area contributed by atoms with E-state index in [0.29, 0.717) is 0 Å². The van der Waals surface area contributed by atoms with E-state index in [0.717, 1.165) is 35.5 Å². The summed E-state index contributed by atoms with van der Waals surface area (Å²) in [6.07, 6.45) is 1.43. The van der Waals surface area contributed by atoms with Gasteiger partial charge in [0.05, 0.1) is 0 Å². The Morgan fingerprint density at radius 3 is 2.07 bits per heavy atom. The normalized spacial score (nSPS) is 52.6. The first-order valence-corrected chi connectivity index (χ1v) is 6.71. The highest BCUT2D eigenvalue weighted by Crippen LogP contribution is 2.52. The molecule has 88 valence electrons. The van der Waals surface area contributed by atoms with Crippen LogP contribution in [0.25, 0.3) is 0 Å². The fourth-order valence-corrected chi connectivity index (χ4v) is 4.24. The number of hydrogen-bond donors (Lipinski definition) is 0. The van der Waals surface area contributed by atoms with Gasteiger partial charge in [-0.25, -0.2) is 0 Å². The second-order valence-electron chi connectivity index (χ2n) is 6.35. The van der Waals surface area contributed by atoms with Crippen LogP contribution < -0.4 is 0 Å². The Morgan fingerprint density at radius 1 is 0.933 bits per heavy atom. The van der Waals surface area contributed by atoms with E-state index in [1.807, 2.05) is 0 Å². The molecule has 0 aromatic heterocycles. The summed E-state index contributed by atoms with van der Waals surface area (Å²) in [6, 6.07) is 0. The van der Waals surface area contributed by atoms with Crippen molar-refractivity contribution in [2.45, 2.75) is 34.1 Å². The van der Waals surface area contributed by atoms with Crippen molar-refractivity contribution < 1.29 is 0 Å². The minimum absolute atomic E-state index is 0.908. The van der Waals surface area contributed by atoms with Gasteiger partial charge in [-0.15, -0.1) is 0 Å². The third-order valence-electron chi connectivity index (χ3n) is 5.54. The monoisotopic (exact) mass is 209 g/mol. The molecular formula is C14H27N. The van der Waals surface area contributed by atoms with E-state index >= 15 is 0 Å². The maximum absolute atomic E-state index is 2.50. The van der Waals surface area contributed by atoms with Crippen LogP contribution in [0.1, 0.15) is 34.1 Å². The Kier molecular flexibility index (Phi) is 3.12.